The molecule has 6 heteroatoms. The van der Waals surface area contributed by atoms with Crippen molar-refractivity contribution >= 4 is 17.8 Å². The Balaban J connectivity index is 1.15. The van der Waals surface area contributed by atoms with Crippen molar-refractivity contribution in [2.45, 2.75) is 70.4 Å². The molecule has 2 aliphatic carbocycles. The molecule has 0 saturated heterocycles. The van der Waals surface area contributed by atoms with Crippen LogP contribution in [0.25, 0.3) is 0 Å². The zero-order valence-electron chi connectivity index (χ0n) is 20.9. The molecule has 2 amide bonds. The van der Waals surface area contributed by atoms with Crippen LogP contribution >= 0.6 is 0 Å². The van der Waals surface area contributed by atoms with Crippen molar-refractivity contribution in [1.82, 2.24) is 10.2 Å². The number of esters is 1. The van der Waals surface area contributed by atoms with Crippen molar-refractivity contribution < 1.29 is 19.1 Å². The third kappa shape index (κ3) is 5.80. The average Bonchev–Trinajstić information content (AvgIpc) is 3.53. The number of benzene rings is 2. The molecule has 0 spiro atoms. The Bertz CT molecular complexity index is 1090. The van der Waals surface area contributed by atoms with E-state index < -0.39 is 0 Å². The number of nitrogens with one attached hydrogen (secondary N) is 1. The molecule has 5 rings (SSSR count). The molecule has 2 fully saturated rings. The van der Waals surface area contributed by atoms with Crippen LogP contribution in [0.2, 0.25) is 0 Å². The number of carbonyl (C=O) groups excluding carboxylic acids is 3. The van der Waals surface area contributed by atoms with Gasteiger partial charge in [0.05, 0.1) is 18.4 Å². The van der Waals surface area contributed by atoms with Crippen LogP contribution in [0.5, 0.6) is 0 Å². The minimum absolute atomic E-state index is 0.0672. The van der Waals surface area contributed by atoms with Gasteiger partial charge in [0.15, 0.2) is 0 Å². The van der Waals surface area contributed by atoms with Crippen LogP contribution in [-0.4, -0.2) is 35.8 Å². The van der Waals surface area contributed by atoms with Gasteiger partial charge in [-0.05, 0) is 67.2 Å². The first-order valence-electron chi connectivity index (χ1n) is 13.5. The van der Waals surface area contributed by atoms with Crippen LogP contribution < -0.4 is 5.32 Å². The van der Waals surface area contributed by atoms with Gasteiger partial charge in [-0.3, -0.25) is 14.4 Å². The Hall–Kier alpha value is -3.15. The highest BCUT2D eigenvalue weighted by molar-refractivity contribution is 5.98. The number of hydrogen-bond donors (Lipinski definition) is 1. The summed E-state index contributed by atoms with van der Waals surface area (Å²) in [6.07, 6.45) is 8.00. The van der Waals surface area contributed by atoms with Gasteiger partial charge < -0.3 is 15.0 Å². The highest BCUT2D eigenvalue weighted by Gasteiger charge is 2.33. The van der Waals surface area contributed by atoms with E-state index in [1.807, 2.05) is 29.2 Å². The number of rotatable bonds is 11. The first-order valence-corrected chi connectivity index (χ1v) is 13.5. The zero-order chi connectivity index (χ0) is 24.9. The molecule has 1 unspecified atom stereocenters. The number of ether oxygens (including phenoxy) is 1. The summed E-state index contributed by atoms with van der Waals surface area (Å²) in [5.74, 6) is 0.463. The molecule has 1 aliphatic heterocycles. The van der Waals surface area contributed by atoms with Crippen LogP contribution in [0, 0.1) is 11.8 Å². The van der Waals surface area contributed by atoms with Crippen molar-refractivity contribution in [3.63, 3.8) is 0 Å². The van der Waals surface area contributed by atoms with E-state index in [-0.39, 0.29) is 29.6 Å². The molecule has 3 aliphatic rings. The van der Waals surface area contributed by atoms with Crippen molar-refractivity contribution in [2.24, 2.45) is 11.8 Å². The summed E-state index contributed by atoms with van der Waals surface area (Å²) < 4.78 is 5.28. The highest BCUT2D eigenvalue weighted by Crippen LogP contribution is 2.38. The maximum atomic E-state index is 13.3. The van der Waals surface area contributed by atoms with Gasteiger partial charge in [0.25, 0.3) is 5.91 Å². The Labute approximate surface area is 213 Å². The number of fused-ring (bicyclic) bond motifs is 1. The van der Waals surface area contributed by atoms with Crippen molar-refractivity contribution in [2.75, 3.05) is 13.2 Å². The van der Waals surface area contributed by atoms with Crippen LogP contribution in [0.4, 0.5) is 0 Å². The summed E-state index contributed by atoms with van der Waals surface area (Å²) in [4.78, 5) is 39.5. The second-order valence-corrected chi connectivity index (χ2v) is 10.5. The van der Waals surface area contributed by atoms with Gasteiger partial charge >= 0.3 is 5.97 Å². The first kappa shape index (κ1) is 24.5. The van der Waals surface area contributed by atoms with E-state index >= 15 is 0 Å². The van der Waals surface area contributed by atoms with Crippen LogP contribution in [0.3, 0.4) is 0 Å². The van der Waals surface area contributed by atoms with Gasteiger partial charge in [0.2, 0.25) is 5.91 Å². The maximum Gasteiger partial charge on any atom is 0.308 e. The second-order valence-electron chi connectivity index (χ2n) is 10.5. The fourth-order valence-corrected chi connectivity index (χ4v) is 5.58. The predicted octanol–water partition coefficient (Wildman–Crippen LogP) is 4.97. The third-order valence-electron chi connectivity index (χ3n) is 7.79. The van der Waals surface area contributed by atoms with Crippen LogP contribution in [0.1, 0.15) is 84.3 Å². The lowest BCUT2D eigenvalue weighted by molar-refractivity contribution is -0.145. The predicted molar refractivity (Wildman–Crippen MR) is 137 cm³/mol. The number of unbranched alkanes of at least 4 members (excludes halogenated alkanes) is 1. The molecular weight excluding hydrogens is 452 g/mol. The Morgan fingerprint density at radius 2 is 1.72 bits per heavy atom. The molecule has 36 heavy (non-hydrogen) atoms. The molecule has 190 valence electrons. The van der Waals surface area contributed by atoms with Crippen molar-refractivity contribution in [1.29, 1.82) is 0 Å². The molecule has 1 heterocycles. The van der Waals surface area contributed by atoms with Crippen molar-refractivity contribution in [3.05, 3.63) is 70.8 Å². The van der Waals surface area contributed by atoms with Gasteiger partial charge in [0.1, 0.15) is 0 Å². The van der Waals surface area contributed by atoms with Gasteiger partial charge in [-0.15, -0.1) is 0 Å². The molecule has 0 bridgehead atoms. The molecular formula is C30H36N2O4. The fraction of sp³-hybridized carbons (Fsp3) is 0.500. The largest absolute Gasteiger partial charge is 0.465 e. The molecule has 6 nitrogen and oxygen atoms in total. The van der Waals surface area contributed by atoms with Crippen LogP contribution in [-0.2, 0) is 27.4 Å². The summed E-state index contributed by atoms with van der Waals surface area (Å²) in [6, 6.07) is 16.1. The molecule has 2 saturated carbocycles. The van der Waals surface area contributed by atoms with Crippen LogP contribution in [0.15, 0.2) is 48.5 Å². The van der Waals surface area contributed by atoms with E-state index in [1.54, 1.807) is 0 Å². The Morgan fingerprint density at radius 3 is 2.44 bits per heavy atom. The van der Waals surface area contributed by atoms with Gasteiger partial charge in [-0.1, -0.05) is 55.3 Å². The smallest absolute Gasteiger partial charge is 0.308 e. The average molecular weight is 489 g/mol. The fourth-order valence-electron chi connectivity index (χ4n) is 5.58. The zero-order valence-corrected chi connectivity index (χ0v) is 20.9. The van der Waals surface area contributed by atoms with E-state index in [0.717, 1.165) is 60.8 Å². The lowest BCUT2D eigenvalue weighted by Crippen LogP contribution is -2.33. The topological polar surface area (TPSA) is 75.7 Å². The number of hydrogen-bond acceptors (Lipinski definition) is 4. The van der Waals surface area contributed by atoms with E-state index in [2.05, 4.69) is 29.6 Å². The summed E-state index contributed by atoms with van der Waals surface area (Å²) in [7, 11) is 0. The quantitative estimate of drug-likeness (QED) is 0.358. The molecule has 2 aromatic rings. The second kappa shape index (κ2) is 11.3. The minimum Gasteiger partial charge on any atom is -0.465 e. The van der Waals surface area contributed by atoms with E-state index in [4.69, 9.17) is 4.74 Å². The molecule has 1 atom stereocenters. The summed E-state index contributed by atoms with van der Waals surface area (Å²) in [5, 5.41) is 3.14. The highest BCUT2D eigenvalue weighted by atomic mass is 16.5. The minimum atomic E-state index is -0.146. The summed E-state index contributed by atoms with van der Waals surface area (Å²) >= 11 is 0. The van der Waals surface area contributed by atoms with E-state index in [0.29, 0.717) is 32.2 Å². The number of nitrogens with zero attached hydrogens (tertiary/aromatic N) is 1. The number of carbonyl (C=O) groups is 3. The normalized spacial score (nSPS) is 18.2. The van der Waals surface area contributed by atoms with Gasteiger partial charge in [0, 0.05) is 25.2 Å². The maximum absolute atomic E-state index is 13.3. The Morgan fingerprint density at radius 1 is 0.972 bits per heavy atom. The first-order chi connectivity index (χ1) is 17.6. The summed E-state index contributed by atoms with van der Waals surface area (Å²) in [6.45, 7) is 2.24. The lowest BCUT2D eigenvalue weighted by atomic mass is 9.83. The number of amides is 2. The third-order valence-corrected chi connectivity index (χ3v) is 7.79. The molecule has 0 aromatic heterocycles. The van der Waals surface area contributed by atoms with E-state index in [9.17, 15) is 14.4 Å². The SMILES string of the molecule is O=C(OCCCCNC(=O)C(c1ccc(CN2Cc3ccccc3C2=O)cc1)C1CCCC1)C1CC1. The van der Waals surface area contributed by atoms with Gasteiger partial charge in [-0.25, -0.2) is 0 Å². The molecule has 0 radical (unpaired) electrons. The van der Waals surface area contributed by atoms with Gasteiger partial charge in [-0.2, -0.15) is 0 Å². The molecule has 1 N–H and O–H groups in total. The van der Waals surface area contributed by atoms with Crippen molar-refractivity contribution in [3.8, 4) is 0 Å². The molecule has 2 aromatic carbocycles. The lowest BCUT2D eigenvalue weighted by Gasteiger charge is -2.24. The summed E-state index contributed by atoms with van der Waals surface area (Å²) in [5.41, 5.74) is 4.01. The monoisotopic (exact) mass is 488 g/mol. The Kier molecular flexibility index (Phi) is 7.69. The standard InChI is InChI=1S/C30H36N2O4/c33-28(31-17-5-6-18-36-30(35)24-15-16-24)27(22-7-1-2-8-22)23-13-11-21(12-14-23)19-32-20-25-9-3-4-10-26(25)29(32)34/h3-4,9-14,22,24,27H,1-2,5-8,15-20H2,(H,31,33). The van der Waals surface area contributed by atoms with E-state index in [1.165, 1.54) is 12.8 Å².